The lowest BCUT2D eigenvalue weighted by Crippen LogP contribution is -2.44. The van der Waals surface area contributed by atoms with Crippen molar-refractivity contribution in [3.8, 4) is 39.1 Å². The summed E-state index contributed by atoms with van der Waals surface area (Å²) in [7, 11) is 0. The molecule has 0 unspecified atom stereocenters. The molecule has 1 heteroatoms. The van der Waals surface area contributed by atoms with Crippen LogP contribution in [0.1, 0.15) is 63.8 Å². The van der Waals surface area contributed by atoms with Crippen LogP contribution >= 0.6 is 0 Å². The lowest BCUT2D eigenvalue weighted by Gasteiger charge is -2.49. The van der Waals surface area contributed by atoms with Crippen molar-refractivity contribution in [1.82, 2.24) is 4.57 Å². The predicted octanol–water partition coefficient (Wildman–Crippen LogP) is 12.0. The molecule has 7 aromatic rings. The minimum absolute atomic E-state index is 0.000152. The molecule has 9 rings (SSSR count). The maximum absolute atomic E-state index is 2.46. The lowest BCUT2D eigenvalue weighted by atomic mass is 9.54. The summed E-state index contributed by atoms with van der Waals surface area (Å²) in [5.41, 5.74) is 17.5. The van der Waals surface area contributed by atoms with Gasteiger partial charge in [0.25, 0.3) is 0 Å². The zero-order valence-corrected chi connectivity index (χ0v) is 27.6. The van der Waals surface area contributed by atoms with Crippen molar-refractivity contribution in [2.75, 3.05) is 0 Å². The standard InChI is InChI=1S/C45H39N/c1-43(2)38-27-29(28-19-22-30(23-20-28)46-39-17-11-8-13-32(39)33-14-9-12-18-40(33)46)21-24-31(38)34-25-26-37-41(42(34)43)35-15-7-10-16-36(35)44(3,4)45(37,5)6/h7-27H,1-6H3. The topological polar surface area (TPSA) is 4.93 Å². The van der Waals surface area contributed by atoms with Gasteiger partial charge in [0.05, 0.1) is 11.0 Å². The first kappa shape index (κ1) is 27.4. The zero-order valence-electron chi connectivity index (χ0n) is 27.6. The summed E-state index contributed by atoms with van der Waals surface area (Å²) < 4.78 is 2.39. The number of para-hydroxylation sites is 2. The van der Waals surface area contributed by atoms with E-state index < -0.39 is 0 Å². The van der Waals surface area contributed by atoms with E-state index in [4.69, 9.17) is 0 Å². The summed E-state index contributed by atoms with van der Waals surface area (Å²) in [5, 5.41) is 2.58. The molecule has 0 radical (unpaired) electrons. The van der Waals surface area contributed by atoms with E-state index in [-0.39, 0.29) is 16.2 Å². The van der Waals surface area contributed by atoms with E-state index in [0.29, 0.717) is 0 Å². The van der Waals surface area contributed by atoms with E-state index in [9.17, 15) is 0 Å². The van der Waals surface area contributed by atoms with Crippen molar-refractivity contribution in [1.29, 1.82) is 0 Å². The van der Waals surface area contributed by atoms with Crippen LogP contribution in [-0.4, -0.2) is 4.57 Å². The number of aromatic nitrogens is 1. The second kappa shape index (κ2) is 9.10. The third-order valence-electron chi connectivity index (χ3n) is 12.0. The Balaban J connectivity index is 1.16. The number of hydrogen-bond donors (Lipinski definition) is 0. The summed E-state index contributed by atoms with van der Waals surface area (Å²) in [5.74, 6) is 0. The van der Waals surface area contributed by atoms with Gasteiger partial charge in [0, 0.05) is 21.9 Å². The van der Waals surface area contributed by atoms with Gasteiger partial charge in [-0.2, -0.15) is 0 Å². The van der Waals surface area contributed by atoms with E-state index in [1.807, 2.05) is 0 Å². The molecule has 0 aliphatic heterocycles. The first-order valence-electron chi connectivity index (χ1n) is 16.6. The normalized spacial score (nSPS) is 16.6. The molecule has 0 saturated carbocycles. The Morgan fingerprint density at radius 3 is 1.70 bits per heavy atom. The fourth-order valence-corrected chi connectivity index (χ4v) is 8.81. The van der Waals surface area contributed by atoms with Gasteiger partial charge in [-0.25, -0.2) is 0 Å². The Bertz CT molecular complexity index is 2320. The number of benzene rings is 6. The molecule has 224 valence electrons. The van der Waals surface area contributed by atoms with Gasteiger partial charge in [-0.3, -0.25) is 0 Å². The first-order chi connectivity index (χ1) is 22.1. The molecule has 0 spiro atoms. The van der Waals surface area contributed by atoms with Gasteiger partial charge in [0.15, 0.2) is 0 Å². The van der Waals surface area contributed by atoms with Crippen LogP contribution in [0.5, 0.6) is 0 Å². The van der Waals surface area contributed by atoms with Crippen LogP contribution in [0.25, 0.3) is 60.9 Å². The summed E-state index contributed by atoms with van der Waals surface area (Å²) in [6.45, 7) is 14.6. The molecular weight excluding hydrogens is 555 g/mol. The minimum atomic E-state index is -0.125. The van der Waals surface area contributed by atoms with Crippen molar-refractivity contribution >= 4 is 21.8 Å². The first-order valence-corrected chi connectivity index (χ1v) is 16.6. The van der Waals surface area contributed by atoms with Gasteiger partial charge in [-0.15, -0.1) is 0 Å². The van der Waals surface area contributed by atoms with Crippen molar-refractivity contribution in [2.24, 2.45) is 0 Å². The Morgan fingerprint density at radius 1 is 0.435 bits per heavy atom. The zero-order chi connectivity index (χ0) is 31.6. The van der Waals surface area contributed by atoms with Gasteiger partial charge < -0.3 is 4.57 Å². The Kier molecular flexibility index (Phi) is 5.43. The highest BCUT2D eigenvalue weighted by molar-refractivity contribution is 6.09. The van der Waals surface area contributed by atoms with Gasteiger partial charge >= 0.3 is 0 Å². The fraction of sp³-hybridized carbons (Fsp3) is 0.200. The van der Waals surface area contributed by atoms with Gasteiger partial charge in [-0.05, 0) is 96.8 Å². The van der Waals surface area contributed by atoms with Crippen LogP contribution in [0, 0.1) is 0 Å². The molecule has 6 aromatic carbocycles. The van der Waals surface area contributed by atoms with Crippen LogP contribution in [0.15, 0.2) is 127 Å². The fourth-order valence-electron chi connectivity index (χ4n) is 8.81. The molecule has 2 aliphatic carbocycles. The highest BCUT2D eigenvalue weighted by atomic mass is 15.0. The molecular formula is C45H39N. The van der Waals surface area contributed by atoms with Crippen molar-refractivity contribution in [3.05, 3.63) is 150 Å². The molecule has 0 saturated heterocycles. The van der Waals surface area contributed by atoms with Gasteiger partial charge in [0.2, 0.25) is 0 Å². The highest BCUT2D eigenvalue weighted by Crippen LogP contribution is 2.60. The Morgan fingerprint density at radius 2 is 1.00 bits per heavy atom. The number of rotatable bonds is 2. The minimum Gasteiger partial charge on any atom is -0.309 e. The number of hydrogen-bond acceptors (Lipinski definition) is 0. The largest absolute Gasteiger partial charge is 0.309 e. The van der Waals surface area contributed by atoms with Crippen LogP contribution in [-0.2, 0) is 16.2 Å². The molecule has 2 aliphatic rings. The molecule has 0 bridgehead atoms. The quantitative estimate of drug-likeness (QED) is 0.188. The molecule has 46 heavy (non-hydrogen) atoms. The molecule has 1 heterocycles. The van der Waals surface area contributed by atoms with Gasteiger partial charge in [0.1, 0.15) is 0 Å². The number of nitrogens with zero attached hydrogens (tertiary/aromatic N) is 1. The van der Waals surface area contributed by atoms with Crippen LogP contribution in [0.2, 0.25) is 0 Å². The lowest BCUT2D eigenvalue weighted by molar-refractivity contribution is 0.298. The van der Waals surface area contributed by atoms with Crippen molar-refractivity contribution in [2.45, 2.75) is 57.8 Å². The average Bonchev–Trinajstić information content (AvgIpc) is 3.52. The Labute approximate surface area is 272 Å². The number of fused-ring (bicyclic) bond motifs is 10. The van der Waals surface area contributed by atoms with E-state index in [1.165, 1.54) is 83.1 Å². The molecule has 0 fully saturated rings. The summed E-state index contributed by atoms with van der Waals surface area (Å²) in [6, 6.07) is 47.7. The third-order valence-corrected chi connectivity index (χ3v) is 12.0. The predicted molar refractivity (Wildman–Crippen MR) is 195 cm³/mol. The third kappa shape index (κ3) is 3.41. The van der Waals surface area contributed by atoms with Crippen molar-refractivity contribution in [3.63, 3.8) is 0 Å². The van der Waals surface area contributed by atoms with Crippen LogP contribution in [0.3, 0.4) is 0 Å². The molecule has 0 amide bonds. The van der Waals surface area contributed by atoms with Crippen LogP contribution in [0.4, 0.5) is 0 Å². The molecule has 0 N–H and O–H groups in total. The maximum Gasteiger partial charge on any atom is 0.0541 e. The SMILES string of the molecule is CC1(C)c2cc(-c3ccc(-n4c5ccccc5c5ccccc54)cc3)ccc2-c2ccc3c(c21)-c1ccccc1C(C)(C)C3(C)C. The summed E-state index contributed by atoms with van der Waals surface area (Å²) >= 11 is 0. The Hall–Kier alpha value is -4.88. The average molecular weight is 594 g/mol. The molecule has 1 aromatic heterocycles. The summed E-state index contributed by atoms with van der Waals surface area (Å²) in [4.78, 5) is 0. The maximum atomic E-state index is 2.46. The van der Waals surface area contributed by atoms with Gasteiger partial charge in [-0.1, -0.05) is 139 Å². The molecule has 0 atom stereocenters. The van der Waals surface area contributed by atoms with E-state index >= 15 is 0 Å². The van der Waals surface area contributed by atoms with E-state index in [1.54, 1.807) is 0 Å². The monoisotopic (exact) mass is 593 g/mol. The van der Waals surface area contributed by atoms with Crippen molar-refractivity contribution < 1.29 is 0 Å². The van der Waals surface area contributed by atoms with E-state index in [0.717, 1.165) is 0 Å². The highest BCUT2D eigenvalue weighted by Gasteiger charge is 2.49. The second-order valence-corrected chi connectivity index (χ2v) is 15.0. The smallest absolute Gasteiger partial charge is 0.0541 e. The van der Waals surface area contributed by atoms with E-state index in [2.05, 4.69) is 174 Å². The molecule has 1 nitrogen and oxygen atoms in total. The second-order valence-electron chi connectivity index (χ2n) is 15.0. The summed E-state index contributed by atoms with van der Waals surface area (Å²) in [6.07, 6.45) is 0. The van der Waals surface area contributed by atoms with Crippen LogP contribution < -0.4 is 0 Å².